The highest BCUT2D eigenvalue weighted by atomic mass is 16.5. The monoisotopic (exact) mass is 373 g/mol. The zero-order chi connectivity index (χ0) is 19.1. The van der Waals surface area contributed by atoms with Gasteiger partial charge in [0.25, 0.3) is 0 Å². The van der Waals surface area contributed by atoms with Gasteiger partial charge in [-0.2, -0.15) is 0 Å². The van der Waals surface area contributed by atoms with E-state index < -0.39 is 0 Å². The molecular formula is C21H31N3O3. The highest BCUT2D eigenvalue weighted by molar-refractivity contribution is 5.79. The van der Waals surface area contributed by atoms with E-state index in [-0.39, 0.29) is 5.92 Å². The van der Waals surface area contributed by atoms with Crippen LogP contribution < -0.4 is 4.90 Å². The predicted molar refractivity (Wildman–Crippen MR) is 106 cm³/mol. The van der Waals surface area contributed by atoms with Crippen molar-refractivity contribution in [2.24, 2.45) is 5.92 Å². The molecule has 0 aromatic heterocycles. The molecule has 0 atom stereocenters. The van der Waals surface area contributed by atoms with Crippen molar-refractivity contribution < 1.29 is 14.3 Å². The lowest BCUT2D eigenvalue weighted by Crippen LogP contribution is -2.51. The molecule has 0 spiro atoms. The molecule has 0 radical (unpaired) electrons. The van der Waals surface area contributed by atoms with Crippen LogP contribution in [0, 0.1) is 5.92 Å². The standard InChI is InChI=1S/C21H31N3O3/c1-27-16-2-9-22-12-14-24(15-13-22)21(26)19-7-10-23(11-8-19)20-5-3-18(17-25)4-6-20/h3-6,17,19H,2,7-16H2,1H3. The number of nitrogens with zero attached hydrogens (tertiary/aromatic N) is 3. The highest BCUT2D eigenvalue weighted by Gasteiger charge is 2.30. The second-order valence-corrected chi connectivity index (χ2v) is 7.48. The maximum absolute atomic E-state index is 12.9. The molecule has 0 unspecified atom stereocenters. The van der Waals surface area contributed by atoms with Gasteiger partial charge in [-0.15, -0.1) is 0 Å². The number of ether oxygens (including phenoxy) is 1. The van der Waals surface area contributed by atoms with Crippen molar-refractivity contribution in [3.05, 3.63) is 29.8 Å². The van der Waals surface area contributed by atoms with Gasteiger partial charge in [0.05, 0.1) is 0 Å². The minimum absolute atomic E-state index is 0.149. The Morgan fingerprint density at radius 1 is 1.07 bits per heavy atom. The number of piperazine rings is 1. The fraction of sp³-hybridized carbons (Fsp3) is 0.619. The van der Waals surface area contributed by atoms with E-state index in [1.807, 2.05) is 24.3 Å². The summed E-state index contributed by atoms with van der Waals surface area (Å²) in [5.41, 5.74) is 1.83. The first kappa shape index (κ1) is 19.8. The number of carbonyl (C=O) groups excluding carboxylic acids is 2. The van der Waals surface area contributed by atoms with E-state index in [9.17, 15) is 9.59 Å². The van der Waals surface area contributed by atoms with Crippen molar-refractivity contribution in [2.75, 3.05) is 64.4 Å². The van der Waals surface area contributed by atoms with Gasteiger partial charge in [0.15, 0.2) is 0 Å². The lowest BCUT2D eigenvalue weighted by Gasteiger charge is -2.39. The van der Waals surface area contributed by atoms with Crippen LogP contribution in [0.2, 0.25) is 0 Å². The van der Waals surface area contributed by atoms with Gasteiger partial charge in [0.1, 0.15) is 6.29 Å². The number of rotatable bonds is 7. The molecule has 1 aromatic rings. The van der Waals surface area contributed by atoms with Crippen molar-refractivity contribution in [3.63, 3.8) is 0 Å². The molecule has 0 N–H and O–H groups in total. The van der Waals surface area contributed by atoms with Gasteiger partial charge < -0.3 is 14.5 Å². The highest BCUT2D eigenvalue weighted by Crippen LogP contribution is 2.25. The Bertz CT molecular complexity index is 604. The maximum atomic E-state index is 12.9. The number of benzene rings is 1. The fourth-order valence-electron chi connectivity index (χ4n) is 4.03. The van der Waals surface area contributed by atoms with Gasteiger partial charge in [-0.3, -0.25) is 14.5 Å². The predicted octanol–water partition coefficient (Wildman–Crippen LogP) is 1.90. The Morgan fingerprint density at radius 2 is 1.74 bits per heavy atom. The number of hydrogen-bond donors (Lipinski definition) is 0. The summed E-state index contributed by atoms with van der Waals surface area (Å²) in [4.78, 5) is 30.5. The molecule has 2 aliphatic heterocycles. The summed E-state index contributed by atoms with van der Waals surface area (Å²) in [7, 11) is 1.74. The number of methoxy groups -OCH3 is 1. The number of hydrogen-bond acceptors (Lipinski definition) is 5. The summed E-state index contributed by atoms with van der Waals surface area (Å²) in [5.74, 6) is 0.484. The maximum Gasteiger partial charge on any atom is 0.225 e. The van der Waals surface area contributed by atoms with Crippen LogP contribution in [0.5, 0.6) is 0 Å². The second-order valence-electron chi connectivity index (χ2n) is 7.48. The van der Waals surface area contributed by atoms with Crippen LogP contribution in [-0.2, 0) is 9.53 Å². The van der Waals surface area contributed by atoms with Crippen LogP contribution in [0.15, 0.2) is 24.3 Å². The number of amides is 1. The van der Waals surface area contributed by atoms with E-state index in [0.29, 0.717) is 11.5 Å². The van der Waals surface area contributed by atoms with Gasteiger partial charge in [0, 0.05) is 76.7 Å². The molecule has 1 amide bonds. The molecule has 148 valence electrons. The Kier molecular flexibility index (Phi) is 7.24. The molecule has 2 saturated heterocycles. The van der Waals surface area contributed by atoms with Crippen molar-refractivity contribution >= 4 is 17.9 Å². The topological polar surface area (TPSA) is 53.1 Å². The van der Waals surface area contributed by atoms with Gasteiger partial charge in [-0.1, -0.05) is 0 Å². The smallest absolute Gasteiger partial charge is 0.225 e. The van der Waals surface area contributed by atoms with E-state index in [1.54, 1.807) is 7.11 Å². The van der Waals surface area contributed by atoms with E-state index in [4.69, 9.17) is 4.74 Å². The molecule has 0 aliphatic carbocycles. The van der Waals surface area contributed by atoms with Gasteiger partial charge in [-0.05, 0) is 43.5 Å². The minimum atomic E-state index is 0.149. The molecule has 2 fully saturated rings. The quantitative estimate of drug-likeness (QED) is 0.540. The normalized spacial score (nSPS) is 19.3. The lowest BCUT2D eigenvalue weighted by atomic mass is 9.94. The first-order valence-corrected chi connectivity index (χ1v) is 10.0. The van der Waals surface area contributed by atoms with Crippen molar-refractivity contribution in [3.8, 4) is 0 Å². The summed E-state index contributed by atoms with van der Waals surface area (Å²) in [5, 5.41) is 0. The fourth-order valence-corrected chi connectivity index (χ4v) is 4.03. The Hall–Kier alpha value is -1.92. The summed E-state index contributed by atoms with van der Waals surface area (Å²) >= 11 is 0. The Labute approximate surface area is 162 Å². The van der Waals surface area contributed by atoms with E-state index in [0.717, 1.165) is 83.7 Å². The van der Waals surface area contributed by atoms with Crippen LogP contribution in [0.4, 0.5) is 5.69 Å². The van der Waals surface area contributed by atoms with Crippen molar-refractivity contribution in [1.82, 2.24) is 9.80 Å². The van der Waals surface area contributed by atoms with Crippen LogP contribution >= 0.6 is 0 Å². The first-order valence-electron chi connectivity index (χ1n) is 10.0. The van der Waals surface area contributed by atoms with Crippen molar-refractivity contribution in [1.29, 1.82) is 0 Å². The zero-order valence-electron chi connectivity index (χ0n) is 16.3. The lowest BCUT2D eigenvalue weighted by molar-refractivity contribution is -0.138. The summed E-state index contributed by atoms with van der Waals surface area (Å²) in [6.45, 7) is 7.28. The zero-order valence-corrected chi connectivity index (χ0v) is 16.3. The third-order valence-electron chi connectivity index (χ3n) is 5.75. The molecule has 2 aliphatic rings. The number of carbonyl (C=O) groups is 2. The first-order chi connectivity index (χ1) is 13.2. The number of piperidine rings is 1. The molecule has 3 rings (SSSR count). The molecular weight excluding hydrogens is 342 g/mol. The average molecular weight is 373 g/mol. The van der Waals surface area contributed by atoms with Crippen LogP contribution in [0.1, 0.15) is 29.6 Å². The summed E-state index contributed by atoms with van der Waals surface area (Å²) < 4.78 is 5.11. The van der Waals surface area contributed by atoms with Gasteiger partial charge in [0.2, 0.25) is 5.91 Å². The Balaban J connectivity index is 1.42. The van der Waals surface area contributed by atoms with Crippen LogP contribution in [0.25, 0.3) is 0 Å². The minimum Gasteiger partial charge on any atom is -0.385 e. The van der Waals surface area contributed by atoms with E-state index in [2.05, 4.69) is 14.7 Å². The van der Waals surface area contributed by atoms with Crippen molar-refractivity contribution in [2.45, 2.75) is 19.3 Å². The molecule has 0 bridgehead atoms. The number of anilines is 1. The summed E-state index contributed by atoms with van der Waals surface area (Å²) in [6.07, 6.45) is 3.73. The largest absolute Gasteiger partial charge is 0.385 e. The molecule has 6 heteroatoms. The average Bonchev–Trinajstić information content (AvgIpc) is 2.74. The van der Waals surface area contributed by atoms with Gasteiger partial charge >= 0.3 is 0 Å². The van der Waals surface area contributed by atoms with E-state index in [1.165, 1.54) is 0 Å². The Morgan fingerprint density at radius 3 is 2.33 bits per heavy atom. The van der Waals surface area contributed by atoms with Gasteiger partial charge in [-0.25, -0.2) is 0 Å². The number of aldehydes is 1. The molecule has 2 heterocycles. The molecule has 1 aromatic carbocycles. The van der Waals surface area contributed by atoms with Crippen LogP contribution in [-0.4, -0.2) is 81.5 Å². The molecule has 0 saturated carbocycles. The molecule has 27 heavy (non-hydrogen) atoms. The van der Waals surface area contributed by atoms with Crippen LogP contribution in [0.3, 0.4) is 0 Å². The third-order valence-corrected chi connectivity index (χ3v) is 5.75. The second kappa shape index (κ2) is 9.85. The molecule has 6 nitrogen and oxygen atoms in total. The SMILES string of the molecule is COCCCN1CCN(C(=O)C2CCN(c3ccc(C=O)cc3)CC2)CC1. The van der Waals surface area contributed by atoms with E-state index >= 15 is 0 Å². The summed E-state index contributed by atoms with van der Waals surface area (Å²) in [6, 6.07) is 7.70. The third kappa shape index (κ3) is 5.30.